The maximum Gasteiger partial charge on any atom is 0.356 e. The van der Waals surface area contributed by atoms with Gasteiger partial charge in [0, 0.05) is 41.7 Å². The molecule has 2 fully saturated rings. The fraction of sp³-hybridized carbons (Fsp3) is 0.444. The number of aromatic nitrogens is 1. The molecule has 2 saturated heterocycles. The molecule has 0 amide bonds. The number of methoxy groups -OCH3 is 1. The van der Waals surface area contributed by atoms with Gasteiger partial charge in [-0.1, -0.05) is 15.9 Å². The molecule has 2 aromatic rings. The van der Waals surface area contributed by atoms with Crippen molar-refractivity contribution >= 4 is 38.5 Å². The van der Waals surface area contributed by atoms with Crippen LogP contribution in [-0.2, 0) is 14.2 Å². The lowest BCUT2D eigenvalue weighted by molar-refractivity contribution is -0.0578. The Kier molecular flexibility index (Phi) is 4.39. The minimum atomic E-state index is -0.432. The van der Waals surface area contributed by atoms with Crippen molar-refractivity contribution in [2.45, 2.75) is 12.0 Å². The molecular weight excluding hydrogens is 388 g/mol. The molecule has 1 atom stereocenters. The summed E-state index contributed by atoms with van der Waals surface area (Å²) < 4.78 is 17.4. The Morgan fingerprint density at radius 3 is 3.00 bits per heavy atom. The van der Waals surface area contributed by atoms with Crippen LogP contribution in [0.25, 0.3) is 10.9 Å². The van der Waals surface area contributed by atoms with Crippen molar-refractivity contribution in [3.63, 3.8) is 0 Å². The molecular formula is C18H19BrN2O4. The first-order valence-corrected chi connectivity index (χ1v) is 9.05. The van der Waals surface area contributed by atoms with Gasteiger partial charge in [-0.25, -0.2) is 9.78 Å². The lowest BCUT2D eigenvalue weighted by Gasteiger charge is -2.41. The summed E-state index contributed by atoms with van der Waals surface area (Å²) in [5.41, 5.74) is 1.80. The summed E-state index contributed by atoms with van der Waals surface area (Å²) in [5, 5.41) is 0.998. The Morgan fingerprint density at radius 2 is 2.24 bits per heavy atom. The third-order valence-electron chi connectivity index (χ3n) is 4.80. The molecule has 4 rings (SSSR count). The van der Waals surface area contributed by atoms with E-state index < -0.39 is 5.97 Å². The Balaban J connectivity index is 1.81. The standard InChI is InChI=1S/C18H19BrN2O4/c1-23-17(22)15-9-16(13-8-12(19)2-3-14(13)20-15)21-5-7-25-18(10-21)4-6-24-11-18/h2-3,8-9H,4-7,10-11H2,1H3. The molecule has 7 heteroatoms. The number of anilines is 1. The fourth-order valence-corrected chi connectivity index (χ4v) is 3.89. The summed E-state index contributed by atoms with van der Waals surface area (Å²) in [6.45, 7) is 3.46. The van der Waals surface area contributed by atoms with Crippen LogP contribution in [0.15, 0.2) is 28.7 Å². The number of nitrogens with zero attached hydrogens (tertiary/aromatic N) is 2. The first-order chi connectivity index (χ1) is 12.1. The molecule has 132 valence electrons. The van der Waals surface area contributed by atoms with Crippen molar-refractivity contribution < 1.29 is 19.0 Å². The third kappa shape index (κ3) is 3.12. The maximum atomic E-state index is 12.1. The van der Waals surface area contributed by atoms with Gasteiger partial charge in [0.15, 0.2) is 5.69 Å². The zero-order valence-corrected chi connectivity index (χ0v) is 15.5. The second kappa shape index (κ2) is 6.55. The van der Waals surface area contributed by atoms with E-state index in [4.69, 9.17) is 14.2 Å². The predicted molar refractivity (Wildman–Crippen MR) is 97.1 cm³/mol. The summed E-state index contributed by atoms with van der Waals surface area (Å²) in [6, 6.07) is 7.68. The van der Waals surface area contributed by atoms with Crippen molar-refractivity contribution in [2.24, 2.45) is 0 Å². The number of ether oxygens (including phenoxy) is 3. The zero-order valence-electron chi connectivity index (χ0n) is 14.0. The Morgan fingerprint density at radius 1 is 1.36 bits per heavy atom. The molecule has 0 radical (unpaired) electrons. The van der Waals surface area contributed by atoms with Gasteiger partial charge in [-0.05, 0) is 24.3 Å². The van der Waals surface area contributed by atoms with Gasteiger partial charge in [0.2, 0.25) is 0 Å². The second-order valence-electron chi connectivity index (χ2n) is 6.44. The quantitative estimate of drug-likeness (QED) is 0.714. The van der Waals surface area contributed by atoms with Crippen LogP contribution in [0.2, 0.25) is 0 Å². The van der Waals surface area contributed by atoms with Gasteiger partial charge in [0.25, 0.3) is 0 Å². The Labute approximate surface area is 154 Å². The first-order valence-electron chi connectivity index (χ1n) is 8.25. The molecule has 2 aliphatic heterocycles. The Bertz CT molecular complexity index is 820. The number of carbonyl (C=O) groups excluding carboxylic acids is 1. The largest absolute Gasteiger partial charge is 0.464 e. The highest BCUT2D eigenvalue weighted by molar-refractivity contribution is 9.10. The van der Waals surface area contributed by atoms with Crippen LogP contribution >= 0.6 is 15.9 Å². The van der Waals surface area contributed by atoms with Crippen molar-refractivity contribution in [1.82, 2.24) is 4.98 Å². The second-order valence-corrected chi connectivity index (χ2v) is 7.35. The normalized spacial score (nSPS) is 23.4. The highest BCUT2D eigenvalue weighted by Crippen LogP contribution is 2.34. The fourth-order valence-electron chi connectivity index (χ4n) is 3.53. The third-order valence-corrected chi connectivity index (χ3v) is 5.29. The molecule has 1 aromatic carbocycles. The van der Waals surface area contributed by atoms with Crippen LogP contribution in [0.1, 0.15) is 16.9 Å². The van der Waals surface area contributed by atoms with Crippen LogP contribution in [0.4, 0.5) is 5.69 Å². The number of pyridine rings is 1. The molecule has 0 saturated carbocycles. The highest BCUT2D eigenvalue weighted by Gasteiger charge is 2.41. The summed E-state index contributed by atoms with van der Waals surface area (Å²) in [7, 11) is 1.37. The topological polar surface area (TPSA) is 60.9 Å². The summed E-state index contributed by atoms with van der Waals surface area (Å²) in [5.74, 6) is -0.432. The molecule has 3 heterocycles. The lowest BCUT2D eigenvalue weighted by Crippen LogP contribution is -2.52. The minimum absolute atomic E-state index is 0.259. The van der Waals surface area contributed by atoms with E-state index in [9.17, 15) is 4.79 Å². The van der Waals surface area contributed by atoms with Gasteiger partial charge < -0.3 is 19.1 Å². The van der Waals surface area contributed by atoms with Crippen LogP contribution in [-0.4, -0.2) is 56.6 Å². The van der Waals surface area contributed by atoms with E-state index in [2.05, 4.69) is 25.8 Å². The first kappa shape index (κ1) is 16.8. The van der Waals surface area contributed by atoms with Crippen molar-refractivity contribution in [3.8, 4) is 0 Å². The average Bonchev–Trinajstić information content (AvgIpc) is 3.07. The van der Waals surface area contributed by atoms with Crippen molar-refractivity contribution in [1.29, 1.82) is 0 Å². The number of hydrogen-bond acceptors (Lipinski definition) is 6. The van der Waals surface area contributed by atoms with Gasteiger partial charge in [0.05, 0.1) is 25.8 Å². The number of hydrogen-bond donors (Lipinski definition) is 0. The number of fused-ring (bicyclic) bond motifs is 1. The lowest BCUT2D eigenvalue weighted by atomic mass is 9.99. The molecule has 2 aliphatic rings. The number of carbonyl (C=O) groups is 1. The summed E-state index contributed by atoms with van der Waals surface area (Å²) >= 11 is 3.53. The molecule has 1 spiro atoms. The van der Waals surface area contributed by atoms with Gasteiger partial charge in [-0.3, -0.25) is 0 Å². The number of esters is 1. The van der Waals surface area contributed by atoms with Crippen LogP contribution in [0, 0.1) is 0 Å². The molecule has 0 N–H and O–H groups in total. The van der Waals surface area contributed by atoms with E-state index in [1.165, 1.54) is 7.11 Å². The van der Waals surface area contributed by atoms with Gasteiger partial charge in [0.1, 0.15) is 5.60 Å². The molecule has 25 heavy (non-hydrogen) atoms. The SMILES string of the molecule is COC(=O)c1cc(N2CCOC3(CCOC3)C2)c2cc(Br)ccc2n1. The molecule has 6 nitrogen and oxygen atoms in total. The number of rotatable bonds is 2. The summed E-state index contributed by atoms with van der Waals surface area (Å²) in [6.07, 6.45) is 0.889. The van der Waals surface area contributed by atoms with Gasteiger partial charge >= 0.3 is 5.97 Å². The molecule has 0 aliphatic carbocycles. The monoisotopic (exact) mass is 406 g/mol. The van der Waals surface area contributed by atoms with E-state index in [1.807, 2.05) is 24.3 Å². The predicted octanol–water partition coefficient (Wildman–Crippen LogP) is 2.78. The number of benzene rings is 1. The summed E-state index contributed by atoms with van der Waals surface area (Å²) in [4.78, 5) is 18.8. The average molecular weight is 407 g/mol. The number of halogens is 1. The zero-order chi connectivity index (χ0) is 17.4. The molecule has 1 aromatic heterocycles. The van der Waals surface area contributed by atoms with Crippen molar-refractivity contribution in [2.75, 3.05) is 44.9 Å². The van der Waals surface area contributed by atoms with E-state index in [0.29, 0.717) is 18.9 Å². The maximum absolute atomic E-state index is 12.1. The number of morpholine rings is 1. The van der Waals surface area contributed by atoms with E-state index >= 15 is 0 Å². The van der Waals surface area contributed by atoms with Crippen LogP contribution in [0.3, 0.4) is 0 Å². The van der Waals surface area contributed by atoms with E-state index in [-0.39, 0.29) is 5.60 Å². The van der Waals surface area contributed by atoms with Crippen LogP contribution in [0.5, 0.6) is 0 Å². The van der Waals surface area contributed by atoms with Gasteiger partial charge in [-0.15, -0.1) is 0 Å². The van der Waals surface area contributed by atoms with Crippen molar-refractivity contribution in [3.05, 3.63) is 34.4 Å². The van der Waals surface area contributed by atoms with E-state index in [0.717, 1.165) is 47.2 Å². The highest BCUT2D eigenvalue weighted by atomic mass is 79.9. The van der Waals surface area contributed by atoms with Crippen LogP contribution < -0.4 is 4.90 Å². The molecule has 0 bridgehead atoms. The molecule has 1 unspecified atom stereocenters. The smallest absolute Gasteiger partial charge is 0.356 e. The minimum Gasteiger partial charge on any atom is -0.464 e. The Hall–Kier alpha value is -1.70. The van der Waals surface area contributed by atoms with Gasteiger partial charge in [-0.2, -0.15) is 0 Å². The van der Waals surface area contributed by atoms with E-state index in [1.54, 1.807) is 0 Å².